The quantitative estimate of drug-likeness (QED) is 0.843. The lowest BCUT2D eigenvalue weighted by molar-refractivity contribution is 0.413. The molecule has 0 bridgehead atoms. The molecule has 2 nitrogen and oxygen atoms in total. The van der Waals surface area contributed by atoms with E-state index in [1.165, 1.54) is 12.1 Å². The van der Waals surface area contributed by atoms with Gasteiger partial charge in [-0.2, -0.15) is 0 Å². The van der Waals surface area contributed by atoms with Crippen molar-refractivity contribution >= 4 is 11.6 Å². The Morgan fingerprint density at radius 3 is 2.76 bits per heavy atom. The Labute approximate surface area is 129 Å². The van der Waals surface area contributed by atoms with Crippen LogP contribution in [0.4, 0.5) is 4.39 Å². The third-order valence-electron chi connectivity index (χ3n) is 3.29. The van der Waals surface area contributed by atoms with Crippen LogP contribution in [-0.2, 0) is 0 Å². The first-order valence-electron chi connectivity index (χ1n) is 6.98. The Morgan fingerprint density at radius 2 is 2.05 bits per heavy atom. The monoisotopic (exact) mass is 307 g/mol. The fourth-order valence-corrected chi connectivity index (χ4v) is 2.48. The van der Waals surface area contributed by atoms with Crippen LogP contribution in [-0.4, -0.2) is 13.7 Å². The number of nitrogens with one attached hydrogen (secondary N) is 1. The van der Waals surface area contributed by atoms with E-state index in [1.54, 1.807) is 13.2 Å². The van der Waals surface area contributed by atoms with E-state index in [1.807, 2.05) is 24.3 Å². The maximum absolute atomic E-state index is 13.6. The maximum Gasteiger partial charge on any atom is 0.123 e. The fourth-order valence-electron chi connectivity index (χ4n) is 2.25. The van der Waals surface area contributed by atoms with Crippen molar-refractivity contribution in [1.29, 1.82) is 0 Å². The number of ether oxygens (including phenoxy) is 1. The highest BCUT2D eigenvalue weighted by atomic mass is 35.5. The topological polar surface area (TPSA) is 21.3 Å². The molecule has 0 radical (unpaired) electrons. The molecule has 0 aliphatic carbocycles. The van der Waals surface area contributed by atoms with E-state index >= 15 is 0 Å². The molecule has 2 rings (SSSR count). The lowest BCUT2D eigenvalue weighted by Crippen LogP contribution is -2.23. The summed E-state index contributed by atoms with van der Waals surface area (Å²) in [4.78, 5) is 0. The van der Waals surface area contributed by atoms with Crippen LogP contribution in [0.2, 0.25) is 5.02 Å². The summed E-state index contributed by atoms with van der Waals surface area (Å²) in [5.74, 6) is 0.476. The summed E-state index contributed by atoms with van der Waals surface area (Å²) in [5.41, 5.74) is 1.73. The van der Waals surface area contributed by atoms with Crippen LogP contribution in [0.25, 0.3) is 0 Å². The van der Waals surface area contributed by atoms with E-state index in [2.05, 4.69) is 12.2 Å². The molecule has 1 N–H and O–H groups in total. The molecule has 0 aromatic heterocycles. The predicted molar refractivity (Wildman–Crippen MR) is 84.5 cm³/mol. The summed E-state index contributed by atoms with van der Waals surface area (Å²) >= 11 is 6.26. The third-order valence-corrected chi connectivity index (χ3v) is 3.64. The second kappa shape index (κ2) is 7.43. The standard InChI is InChI=1S/C17H19ClFNO/c1-3-9-20-17(12-5-4-6-14(10-12)21-2)15-11-13(19)7-8-16(15)18/h4-8,10-11,17,20H,3,9H2,1-2H3. The Bertz CT molecular complexity index is 603. The summed E-state index contributed by atoms with van der Waals surface area (Å²) in [7, 11) is 1.63. The van der Waals surface area contributed by atoms with E-state index in [0.29, 0.717) is 5.02 Å². The molecule has 2 aromatic rings. The Hall–Kier alpha value is -1.58. The van der Waals surface area contributed by atoms with Gasteiger partial charge in [-0.25, -0.2) is 4.39 Å². The van der Waals surface area contributed by atoms with Gasteiger partial charge in [-0.05, 0) is 54.4 Å². The summed E-state index contributed by atoms with van der Waals surface area (Å²) in [6.45, 7) is 2.90. The molecule has 0 saturated heterocycles. The normalized spacial score (nSPS) is 12.2. The van der Waals surface area contributed by atoms with Crippen molar-refractivity contribution in [3.8, 4) is 5.75 Å². The molecule has 0 amide bonds. The first-order chi connectivity index (χ1) is 10.2. The average molecular weight is 308 g/mol. The lowest BCUT2D eigenvalue weighted by atomic mass is 9.98. The molecule has 0 fully saturated rings. The van der Waals surface area contributed by atoms with Crippen LogP contribution in [0.15, 0.2) is 42.5 Å². The molecule has 0 spiro atoms. The summed E-state index contributed by atoms with van der Waals surface area (Å²) in [5, 5.41) is 3.96. The van der Waals surface area contributed by atoms with Gasteiger partial charge in [0.2, 0.25) is 0 Å². The minimum Gasteiger partial charge on any atom is -0.497 e. The zero-order chi connectivity index (χ0) is 15.2. The van der Waals surface area contributed by atoms with E-state index in [4.69, 9.17) is 16.3 Å². The summed E-state index contributed by atoms with van der Waals surface area (Å²) in [6, 6.07) is 12.0. The lowest BCUT2D eigenvalue weighted by Gasteiger charge is -2.21. The molecule has 21 heavy (non-hydrogen) atoms. The molecular formula is C17H19ClFNO. The van der Waals surface area contributed by atoms with E-state index in [9.17, 15) is 4.39 Å². The largest absolute Gasteiger partial charge is 0.497 e. The Morgan fingerprint density at radius 1 is 1.24 bits per heavy atom. The molecule has 0 saturated carbocycles. The van der Waals surface area contributed by atoms with Gasteiger partial charge in [0.05, 0.1) is 13.2 Å². The van der Waals surface area contributed by atoms with Crippen molar-refractivity contribution in [1.82, 2.24) is 5.32 Å². The van der Waals surface area contributed by atoms with Crippen LogP contribution in [0.3, 0.4) is 0 Å². The van der Waals surface area contributed by atoms with Gasteiger partial charge in [0.25, 0.3) is 0 Å². The van der Waals surface area contributed by atoms with Crippen LogP contribution in [0, 0.1) is 5.82 Å². The van der Waals surface area contributed by atoms with Crippen molar-refractivity contribution in [3.05, 3.63) is 64.4 Å². The van der Waals surface area contributed by atoms with Gasteiger partial charge < -0.3 is 10.1 Å². The van der Waals surface area contributed by atoms with Crippen molar-refractivity contribution < 1.29 is 9.13 Å². The van der Waals surface area contributed by atoms with Crippen molar-refractivity contribution in [3.63, 3.8) is 0 Å². The molecule has 1 atom stereocenters. The van der Waals surface area contributed by atoms with Crippen LogP contribution in [0.1, 0.15) is 30.5 Å². The molecule has 1 unspecified atom stereocenters. The number of hydrogen-bond acceptors (Lipinski definition) is 2. The first kappa shape index (κ1) is 15.8. The molecule has 0 aliphatic rings. The van der Waals surface area contributed by atoms with Gasteiger partial charge >= 0.3 is 0 Å². The second-order valence-corrected chi connectivity index (χ2v) is 5.24. The average Bonchev–Trinajstić information content (AvgIpc) is 2.51. The highest BCUT2D eigenvalue weighted by molar-refractivity contribution is 6.31. The molecule has 4 heteroatoms. The van der Waals surface area contributed by atoms with Gasteiger partial charge in [0.1, 0.15) is 11.6 Å². The number of methoxy groups -OCH3 is 1. The molecular weight excluding hydrogens is 289 g/mol. The minimum atomic E-state index is -0.291. The van der Waals surface area contributed by atoms with Crippen molar-refractivity contribution in [2.45, 2.75) is 19.4 Å². The van der Waals surface area contributed by atoms with Crippen LogP contribution >= 0.6 is 11.6 Å². The zero-order valence-corrected chi connectivity index (χ0v) is 13.0. The van der Waals surface area contributed by atoms with Gasteiger partial charge in [0, 0.05) is 5.02 Å². The van der Waals surface area contributed by atoms with Gasteiger partial charge in [-0.15, -0.1) is 0 Å². The fraction of sp³-hybridized carbons (Fsp3) is 0.294. The van der Waals surface area contributed by atoms with E-state index in [0.717, 1.165) is 29.8 Å². The number of rotatable bonds is 6. The summed E-state index contributed by atoms with van der Waals surface area (Å²) in [6.07, 6.45) is 0.980. The molecule has 0 aliphatic heterocycles. The number of benzene rings is 2. The van der Waals surface area contributed by atoms with E-state index in [-0.39, 0.29) is 11.9 Å². The second-order valence-electron chi connectivity index (χ2n) is 4.83. The van der Waals surface area contributed by atoms with Gasteiger partial charge in [0.15, 0.2) is 0 Å². The first-order valence-corrected chi connectivity index (χ1v) is 7.35. The third kappa shape index (κ3) is 3.96. The van der Waals surface area contributed by atoms with Crippen molar-refractivity contribution in [2.75, 3.05) is 13.7 Å². The summed E-state index contributed by atoms with van der Waals surface area (Å²) < 4.78 is 18.8. The smallest absolute Gasteiger partial charge is 0.123 e. The predicted octanol–water partition coefficient (Wildman–Crippen LogP) is 4.58. The Kier molecular flexibility index (Phi) is 5.59. The highest BCUT2D eigenvalue weighted by Gasteiger charge is 2.17. The maximum atomic E-state index is 13.6. The number of halogens is 2. The van der Waals surface area contributed by atoms with Gasteiger partial charge in [-0.3, -0.25) is 0 Å². The van der Waals surface area contributed by atoms with E-state index < -0.39 is 0 Å². The molecule has 0 heterocycles. The zero-order valence-electron chi connectivity index (χ0n) is 12.2. The van der Waals surface area contributed by atoms with Crippen molar-refractivity contribution in [2.24, 2.45) is 0 Å². The SMILES string of the molecule is CCCNC(c1cccc(OC)c1)c1cc(F)ccc1Cl. The van der Waals surface area contributed by atoms with Crippen LogP contribution in [0.5, 0.6) is 5.75 Å². The highest BCUT2D eigenvalue weighted by Crippen LogP contribution is 2.30. The molecule has 2 aromatic carbocycles. The molecule has 112 valence electrons. The Balaban J connectivity index is 2.44. The minimum absolute atomic E-state index is 0.164. The number of hydrogen-bond donors (Lipinski definition) is 1. The van der Waals surface area contributed by atoms with Crippen LogP contribution < -0.4 is 10.1 Å². The van der Waals surface area contributed by atoms with Gasteiger partial charge in [-0.1, -0.05) is 30.7 Å².